The van der Waals surface area contributed by atoms with Crippen molar-refractivity contribution in [1.29, 1.82) is 0 Å². The molecule has 1 fully saturated rings. The van der Waals surface area contributed by atoms with Crippen LogP contribution < -0.4 is 0 Å². The molecule has 12 heavy (non-hydrogen) atoms. The molecule has 4 heteroatoms. The van der Waals surface area contributed by atoms with E-state index >= 15 is 0 Å². The average Bonchev–Trinajstić information content (AvgIpc) is 2.06. The van der Waals surface area contributed by atoms with Crippen LogP contribution in [-0.2, 0) is 9.84 Å². The highest BCUT2D eigenvalue weighted by molar-refractivity contribution is 7.99. The molecule has 0 bridgehead atoms. The van der Waals surface area contributed by atoms with Crippen molar-refractivity contribution >= 4 is 21.6 Å². The van der Waals surface area contributed by atoms with Gasteiger partial charge in [0.1, 0.15) is 9.84 Å². The Morgan fingerprint density at radius 1 is 1.33 bits per heavy atom. The first-order valence-electron chi connectivity index (χ1n) is 4.42. The summed E-state index contributed by atoms with van der Waals surface area (Å²) in [5.41, 5.74) is 0. The van der Waals surface area contributed by atoms with Gasteiger partial charge in [-0.3, -0.25) is 0 Å². The van der Waals surface area contributed by atoms with E-state index in [9.17, 15) is 8.42 Å². The second kappa shape index (κ2) is 4.51. The van der Waals surface area contributed by atoms with Crippen molar-refractivity contribution in [2.75, 3.05) is 23.0 Å². The van der Waals surface area contributed by atoms with Crippen LogP contribution in [-0.4, -0.2) is 31.4 Å². The molecule has 2 nitrogen and oxygen atoms in total. The fourth-order valence-electron chi connectivity index (χ4n) is 1.39. The van der Waals surface area contributed by atoms with E-state index in [2.05, 4.69) is 0 Å². The van der Waals surface area contributed by atoms with Crippen molar-refractivity contribution in [2.24, 2.45) is 5.92 Å². The van der Waals surface area contributed by atoms with Gasteiger partial charge in [0.25, 0.3) is 0 Å². The zero-order valence-corrected chi connectivity index (χ0v) is 9.09. The minimum absolute atomic E-state index is 0.302. The minimum Gasteiger partial charge on any atom is -0.229 e. The molecule has 1 aliphatic heterocycles. The number of hydrogen-bond donors (Lipinski definition) is 0. The third kappa shape index (κ3) is 3.35. The lowest BCUT2D eigenvalue weighted by molar-refractivity contribution is 0.522. The zero-order chi connectivity index (χ0) is 9.03. The van der Waals surface area contributed by atoms with E-state index in [1.54, 1.807) is 6.92 Å². The van der Waals surface area contributed by atoms with Gasteiger partial charge >= 0.3 is 0 Å². The van der Waals surface area contributed by atoms with Gasteiger partial charge in [-0.15, -0.1) is 0 Å². The lowest BCUT2D eigenvalue weighted by Crippen LogP contribution is -2.21. The summed E-state index contributed by atoms with van der Waals surface area (Å²) in [6, 6.07) is 0. The molecule has 72 valence electrons. The van der Waals surface area contributed by atoms with Gasteiger partial charge in [-0.2, -0.15) is 11.8 Å². The Balaban J connectivity index is 2.39. The monoisotopic (exact) mass is 208 g/mol. The van der Waals surface area contributed by atoms with Crippen molar-refractivity contribution < 1.29 is 8.42 Å². The molecule has 0 radical (unpaired) electrons. The Labute approximate surface area is 79.0 Å². The summed E-state index contributed by atoms with van der Waals surface area (Å²) >= 11 is 1.94. The first-order chi connectivity index (χ1) is 5.64. The molecule has 0 aromatic carbocycles. The second-order valence-electron chi connectivity index (χ2n) is 3.25. The Morgan fingerprint density at radius 3 is 2.42 bits per heavy atom. The molecule has 0 aromatic heterocycles. The van der Waals surface area contributed by atoms with Crippen LogP contribution in [0, 0.1) is 5.92 Å². The normalized spacial score (nSPS) is 21.1. The van der Waals surface area contributed by atoms with Crippen LogP contribution in [0.1, 0.15) is 19.8 Å². The Morgan fingerprint density at radius 2 is 1.92 bits per heavy atom. The van der Waals surface area contributed by atoms with Gasteiger partial charge in [0.15, 0.2) is 0 Å². The van der Waals surface area contributed by atoms with Crippen LogP contribution in [0.5, 0.6) is 0 Å². The maximum atomic E-state index is 11.3. The second-order valence-corrected chi connectivity index (χ2v) is 6.88. The van der Waals surface area contributed by atoms with Gasteiger partial charge in [0, 0.05) is 5.75 Å². The maximum absolute atomic E-state index is 11.3. The Kier molecular flexibility index (Phi) is 3.90. The molecule has 1 aliphatic rings. The van der Waals surface area contributed by atoms with Crippen LogP contribution >= 0.6 is 11.8 Å². The zero-order valence-electron chi connectivity index (χ0n) is 7.45. The van der Waals surface area contributed by atoms with Gasteiger partial charge in [0.2, 0.25) is 0 Å². The topological polar surface area (TPSA) is 34.1 Å². The van der Waals surface area contributed by atoms with E-state index in [1.165, 1.54) is 0 Å². The summed E-state index contributed by atoms with van der Waals surface area (Å²) in [5, 5.41) is 0. The molecule has 1 heterocycles. The first-order valence-corrected chi connectivity index (χ1v) is 7.40. The summed E-state index contributed by atoms with van der Waals surface area (Å²) in [5.74, 6) is 3.45. The van der Waals surface area contributed by atoms with Crippen LogP contribution in [0.25, 0.3) is 0 Å². The van der Waals surface area contributed by atoms with Crippen LogP contribution in [0.2, 0.25) is 0 Å². The Hall–Kier alpha value is 0.300. The molecule has 0 atom stereocenters. The highest BCUT2D eigenvalue weighted by Gasteiger charge is 2.19. The highest BCUT2D eigenvalue weighted by atomic mass is 32.2. The molecule has 0 aromatic rings. The fourth-order valence-corrected chi connectivity index (χ4v) is 3.88. The predicted molar refractivity (Wildman–Crippen MR) is 54.4 cm³/mol. The molecule has 0 saturated carbocycles. The van der Waals surface area contributed by atoms with E-state index < -0.39 is 9.84 Å². The summed E-state index contributed by atoms with van der Waals surface area (Å²) in [6.07, 6.45) is 2.17. The predicted octanol–water partition coefficient (Wildman–Crippen LogP) is 1.56. The third-order valence-electron chi connectivity index (χ3n) is 2.27. The molecule has 1 saturated heterocycles. The van der Waals surface area contributed by atoms with E-state index in [4.69, 9.17) is 0 Å². The van der Waals surface area contributed by atoms with Crippen LogP contribution in [0.15, 0.2) is 0 Å². The van der Waals surface area contributed by atoms with E-state index in [-0.39, 0.29) is 0 Å². The smallest absolute Gasteiger partial charge is 0.150 e. The summed E-state index contributed by atoms with van der Waals surface area (Å²) in [7, 11) is -2.73. The summed E-state index contributed by atoms with van der Waals surface area (Å²) < 4.78 is 22.5. The van der Waals surface area contributed by atoms with E-state index in [1.807, 2.05) is 11.8 Å². The molecular weight excluding hydrogens is 192 g/mol. The molecule has 0 N–H and O–H groups in total. The largest absolute Gasteiger partial charge is 0.229 e. The van der Waals surface area contributed by atoms with Crippen molar-refractivity contribution in [2.45, 2.75) is 19.8 Å². The molecule has 0 unspecified atom stereocenters. The number of rotatable bonds is 3. The lowest BCUT2D eigenvalue weighted by Gasteiger charge is -2.20. The maximum Gasteiger partial charge on any atom is 0.150 e. The van der Waals surface area contributed by atoms with Crippen molar-refractivity contribution in [1.82, 2.24) is 0 Å². The first kappa shape index (κ1) is 10.4. The van der Waals surface area contributed by atoms with Gasteiger partial charge < -0.3 is 0 Å². The number of thioether (sulfide) groups is 1. The molecule has 0 spiro atoms. The highest BCUT2D eigenvalue weighted by Crippen LogP contribution is 2.23. The van der Waals surface area contributed by atoms with Crippen molar-refractivity contribution in [3.8, 4) is 0 Å². The van der Waals surface area contributed by atoms with E-state index in [0.29, 0.717) is 17.4 Å². The lowest BCUT2D eigenvalue weighted by atomic mass is 10.1. The molecule has 0 aliphatic carbocycles. The van der Waals surface area contributed by atoms with Gasteiger partial charge in [-0.05, 0) is 30.3 Å². The van der Waals surface area contributed by atoms with Crippen molar-refractivity contribution in [3.05, 3.63) is 0 Å². The standard InChI is InChI=1S/C8H16O2S2/c1-2-12(9,10)7-8-3-5-11-6-4-8/h8H,2-7H2,1H3. The third-order valence-corrected chi connectivity index (χ3v) is 5.18. The van der Waals surface area contributed by atoms with Crippen molar-refractivity contribution in [3.63, 3.8) is 0 Å². The van der Waals surface area contributed by atoms with Gasteiger partial charge in [-0.25, -0.2) is 8.42 Å². The summed E-state index contributed by atoms with van der Waals surface area (Å²) in [4.78, 5) is 0. The molecule has 0 amide bonds. The number of sulfone groups is 1. The molecule has 1 rings (SSSR count). The van der Waals surface area contributed by atoms with Gasteiger partial charge in [0.05, 0.1) is 5.75 Å². The SMILES string of the molecule is CCS(=O)(=O)CC1CCSCC1. The van der Waals surface area contributed by atoms with Crippen LogP contribution in [0.4, 0.5) is 0 Å². The van der Waals surface area contributed by atoms with E-state index in [0.717, 1.165) is 24.3 Å². The molecular formula is C8H16O2S2. The Bertz CT molecular complexity index is 215. The van der Waals surface area contributed by atoms with Gasteiger partial charge in [-0.1, -0.05) is 6.92 Å². The average molecular weight is 208 g/mol. The number of hydrogen-bond acceptors (Lipinski definition) is 3. The summed E-state index contributed by atoms with van der Waals surface area (Å²) in [6.45, 7) is 1.73. The minimum atomic E-state index is -2.73. The quantitative estimate of drug-likeness (QED) is 0.706. The fraction of sp³-hybridized carbons (Fsp3) is 1.00. The van der Waals surface area contributed by atoms with Crippen LogP contribution in [0.3, 0.4) is 0 Å².